The molecule has 19 heavy (non-hydrogen) atoms. The topological polar surface area (TPSA) is 69.9 Å². The largest absolute Gasteiger partial charge is 0.384 e. The number of rotatable bonds is 2. The maximum Gasteiger partial charge on any atom is 0.127 e. The Kier molecular flexibility index (Phi) is 3.32. The summed E-state index contributed by atoms with van der Waals surface area (Å²) in [5.41, 5.74) is 14.0. The first kappa shape index (κ1) is 13.5. The molecule has 4 nitrogen and oxygen atoms in total. The first-order chi connectivity index (χ1) is 8.84. The second-order valence-electron chi connectivity index (χ2n) is 5.51. The van der Waals surface area contributed by atoms with Crippen LogP contribution in [0.3, 0.4) is 0 Å². The summed E-state index contributed by atoms with van der Waals surface area (Å²) in [5.74, 6) is 0.288. The molecular weight excluding hydrogens is 243 g/mol. The Hall–Kier alpha value is -1.88. The van der Waals surface area contributed by atoms with E-state index in [0.717, 1.165) is 16.8 Å². The van der Waals surface area contributed by atoms with Crippen LogP contribution in [0, 0.1) is 5.82 Å². The number of hydrogen-bond acceptors (Lipinski definition) is 3. The van der Waals surface area contributed by atoms with Gasteiger partial charge in [-0.3, -0.25) is 0 Å². The molecule has 0 radical (unpaired) electrons. The lowest BCUT2D eigenvalue weighted by Gasteiger charge is -2.20. The van der Waals surface area contributed by atoms with Crippen molar-refractivity contribution >= 4 is 5.82 Å². The van der Waals surface area contributed by atoms with Crippen molar-refractivity contribution in [3.05, 3.63) is 35.6 Å². The highest BCUT2D eigenvalue weighted by Crippen LogP contribution is 2.30. The average Bonchev–Trinajstić information content (AvgIpc) is 2.67. The summed E-state index contributed by atoms with van der Waals surface area (Å²) in [7, 11) is 0. The molecule has 2 rings (SSSR count). The predicted molar refractivity (Wildman–Crippen MR) is 74.9 cm³/mol. The first-order valence-electron chi connectivity index (χ1n) is 6.18. The summed E-state index contributed by atoms with van der Waals surface area (Å²) in [6, 6.07) is 6.18. The van der Waals surface area contributed by atoms with Gasteiger partial charge in [0.1, 0.15) is 11.6 Å². The van der Waals surface area contributed by atoms with E-state index in [9.17, 15) is 4.39 Å². The summed E-state index contributed by atoms with van der Waals surface area (Å²) in [5, 5.41) is 4.54. The molecule has 0 aliphatic carbocycles. The highest BCUT2D eigenvalue weighted by molar-refractivity contribution is 5.68. The van der Waals surface area contributed by atoms with Gasteiger partial charge in [-0.1, -0.05) is 0 Å². The Balaban J connectivity index is 2.60. The molecular formula is C14H19FN4. The van der Waals surface area contributed by atoms with E-state index >= 15 is 0 Å². The molecule has 0 unspecified atom stereocenters. The Bertz CT molecular complexity index is 579. The van der Waals surface area contributed by atoms with Crippen LogP contribution in [0.15, 0.2) is 24.3 Å². The van der Waals surface area contributed by atoms with Crippen molar-refractivity contribution in [2.75, 3.05) is 5.73 Å². The van der Waals surface area contributed by atoms with Crippen LogP contribution in [0.4, 0.5) is 10.2 Å². The maximum absolute atomic E-state index is 13.0. The van der Waals surface area contributed by atoms with Crippen molar-refractivity contribution in [1.29, 1.82) is 0 Å². The fourth-order valence-corrected chi connectivity index (χ4v) is 2.02. The van der Waals surface area contributed by atoms with Gasteiger partial charge in [-0.05, 0) is 45.0 Å². The van der Waals surface area contributed by atoms with E-state index in [1.54, 1.807) is 16.8 Å². The SMILES string of the molecule is CC(C)(C)n1nc(-c2ccc(F)cc2)c(CN)c1N. The third-order valence-corrected chi connectivity index (χ3v) is 2.98. The van der Waals surface area contributed by atoms with Crippen molar-refractivity contribution in [2.24, 2.45) is 5.73 Å². The zero-order valence-corrected chi connectivity index (χ0v) is 11.4. The van der Waals surface area contributed by atoms with E-state index in [-0.39, 0.29) is 11.4 Å². The normalized spacial score (nSPS) is 11.8. The molecule has 4 N–H and O–H groups in total. The van der Waals surface area contributed by atoms with Crippen molar-refractivity contribution < 1.29 is 4.39 Å². The molecule has 0 amide bonds. The van der Waals surface area contributed by atoms with Gasteiger partial charge in [0.15, 0.2) is 0 Å². The lowest BCUT2D eigenvalue weighted by Crippen LogP contribution is -2.25. The van der Waals surface area contributed by atoms with Crippen molar-refractivity contribution in [3.63, 3.8) is 0 Å². The van der Waals surface area contributed by atoms with Gasteiger partial charge in [0.05, 0.1) is 11.2 Å². The van der Waals surface area contributed by atoms with Gasteiger partial charge in [-0.2, -0.15) is 5.10 Å². The number of nitrogens with zero attached hydrogens (tertiary/aromatic N) is 2. The molecule has 0 spiro atoms. The number of nitrogen functional groups attached to an aromatic ring is 1. The molecule has 0 saturated heterocycles. The van der Waals surface area contributed by atoms with E-state index in [4.69, 9.17) is 11.5 Å². The van der Waals surface area contributed by atoms with Crippen LogP contribution in [0.5, 0.6) is 0 Å². The van der Waals surface area contributed by atoms with Crippen LogP contribution in [0.1, 0.15) is 26.3 Å². The summed E-state index contributed by atoms with van der Waals surface area (Å²) in [4.78, 5) is 0. The van der Waals surface area contributed by atoms with E-state index in [1.807, 2.05) is 20.8 Å². The molecule has 0 aliphatic rings. The fourth-order valence-electron chi connectivity index (χ4n) is 2.02. The molecule has 102 valence electrons. The molecule has 5 heteroatoms. The summed E-state index contributed by atoms with van der Waals surface area (Å²) in [6.07, 6.45) is 0. The number of nitrogens with two attached hydrogens (primary N) is 2. The van der Waals surface area contributed by atoms with Crippen molar-refractivity contribution in [1.82, 2.24) is 9.78 Å². The minimum absolute atomic E-state index is 0.230. The smallest absolute Gasteiger partial charge is 0.127 e. The number of anilines is 1. The summed E-state index contributed by atoms with van der Waals surface area (Å²) < 4.78 is 14.7. The Labute approximate surface area is 112 Å². The second kappa shape index (κ2) is 4.66. The third-order valence-electron chi connectivity index (χ3n) is 2.98. The van der Waals surface area contributed by atoms with Gasteiger partial charge in [-0.15, -0.1) is 0 Å². The molecule has 0 aliphatic heterocycles. The molecule has 0 atom stereocenters. The van der Waals surface area contributed by atoms with Crippen molar-refractivity contribution in [3.8, 4) is 11.3 Å². The Morgan fingerprint density at radius 2 is 1.79 bits per heavy atom. The van der Waals surface area contributed by atoms with Crippen LogP contribution in [-0.2, 0) is 12.1 Å². The van der Waals surface area contributed by atoms with E-state index < -0.39 is 0 Å². The van der Waals surface area contributed by atoms with E-state index in [1.165, 1.54) is 12.1 Å². The first-order valence-corrected chi connectivity index (χ1v) is 6.18. The standard InChI is InChI=1S/C14H19FN4/c1-14(2,3)19-13(17)11(8-16)12(18-19)9-4-6-10(15)7-5-9/h4-7H,8,16-17H2,1-3H3. The molecule has 0 saturated carbocycles. The average molecular weight is 262 g/mol. The second-order valence-corrected chi connectivity index (χ2v) is 5.51. The molecule has 1 heterocycles. The number of benzene rings is 1. The Morgan fingerprint density at radius 1 is 1.21 bits per heavy atom. The van der Waals surface area contributed by atoms with Gasteiger partial charge in [0.25, 0.3) is 0 Å². The monoisotopic (exact) mass is 262 g/mol. The van der Waals surface area contributed by atoms with Gasteiger partial charge in [0.2, 0.25) is 0 Å². The van der Waals surface area contributed by atoms with Gasteiger partial charge in [0, 0.05) is 17.7 Å². The molecule has 1 aromatic heterocycles. The lowest BCUT2D eigenvalue weighted by molar-refractivity contribution is 0.362. The molecule has 0 fully saturated rings. The highest BCUT2D eigenvalue weighted by atomic mass is 19.1. The number of halogens is 1. The lowest BCUT2D eigenvalue weighted by atomic mass is 10.1. The molecule has 0 bridgehead atoms. The van der Waals surface area contributed by atoms with Gasteiger partial charge in [-0.25, -0.2) is 9.07 Å². The summed E-state index contributed by atoms with van der Waals surface area (Å²) >= 11 is 0. The van der Waals surface area contributed by atoms with E-state index in [0.29, 0.717) is 12.4 Å². The highest BCUT2D eigenvalue weighted by Gasteiger charge is 2.23. The van der Waals surface area contributed by atoms with E-state index in [2.05, 4.69) is 5.10 Å². The number of aromatic nitrogens is 2. The van der Waals surface area contributed by atoms with Crippen molar-refractivity contribution in [2.45, 2.75) is 32.9 Å². The molecule has 1 aromatic carbocycles. The summed E-state index contributed by atoms with van der Waals surface area (Å²) in [6.45, 7) is 6.36. The fraction of sp³-hybridized carbons (Fsp3) is 0.357. The Morgan fingerprint density at radius 3 is 2.26 bits per heavy atom. The quantitative estimate of drug-likeness (QED) is 0.873. The maximum atomic E-state index is 13.0. The van der Waals surface area contributed by atoms with Crippen LogP contribution >= 0.6 is 0 Å². The van der Waals surface area contributed by atoms with Gasteiger partial charge < -0.3 is 11.5 Å². The van der Waals surface area contributed by atoms with Crippen LogP contribution in [0.25, 0.3) is 11.3 Å². The zero-order chi connectivity index (χ0) is 14.2. The zero-order valence-electron chi connectivity index (χ0n) is 11.4. The van der Waals surface area contributed by atoms with Crippen LogP contribution < -0.4 is 11.5 Å². The van der Waals surface area contributed by atoms with Crippen LogP contribution in [0.2, 0.25) is 0 Å². The van der Waals surface area contributed by atoms with Gasteiger partial charge >= 0.3 is 0 Å². The minimum atomic E-state index is -0.277. The minimum Gasteiger partial charge on any atom is -0.384 e. The third kappa shape index (κ3) is 2.46. The molecule has 2 aromatic rings. The van der Waals surface area contributed by atoms with Crippen LogP contribution in [-0.4, -0.2) is 9.78 Å². The number of hydrogen-bond donors (Lipinski definition) is 2. The predicted octanol–water partition coefficient (Wildman–Crippen LogP) is 2.49.